The van der Waals surface area contributed by atoms with Crippen LogP contribution < -0.4 is 0 Å². The molecule has 4 rings (SSSR count). The zero-order valence-electron chi connectivity index (χ0n) is 21.6. The Morgan fingerprint density at radius 1 is 1.32 bits per heavy atom. The fourth-order valence-corrected chi connectivity index (χ4v) is 7.88. The minimum absolute atomic E-state index is 0.00725. The molecule has 0 saturated carbocycles. The van der Waals surface area contributed by atoms with Gasteiger partial charge in [0.05, 0.1) is 34.5 Å². The van der Waals surface area contributed by atoms with E-state index in [1.165, 1.54) is 11.3 Å². The number of benzene rings is 1. The summed E-state index contributed by atoms with van der Waals surface area (Å²) in [5, 5.41) is 23.9. The number of carbonyl (C=O) groups excluding carboxylic acids is 1. The molecule has 0 fully saturated rings. The van der Waals surface area contributed by atoms with E-state index < -0.39 is 28.3 Å². The fraction of sp³-hybridized carbons (Fsp3) is 0.346. The van der Waals surface area contributed by atoms with Gasteiger partial charge in [0.2, 0.25) is 0 Å². The van der Waals surface area contributed by atoms with E-state index in [-0.39, 0.29) is 24.7 Å². The number of allylic oxidation sites excluding steroid dienone is 1. The number of ether oxygens (including phenoxy) is 1. The predicted octanol–water partition coefficient (Wildman–Crippen LogP) is 7.09. The highest BCUT2D eigenvalue weighted by molar-refractivity contribution is 9.10. The van der Waals surface area contributed by atoms with Crippen molar-refractivity contribution in [3.8, 4) is 6.07 Å². The number of nitro groups is 1. The molecule has 9 nitrogen and oxygen atoms in total. The standard InChI is InChI=1S/C26H24BrCl2N5O4S2/c1-4-33(13-17-12-31-25(29)39-17)23-21(34(36)37)20(18-9-10-19(28)40-18)26(14-30,24(35)38-5-2)22(32(23)3)15-7-6-8-16(27)11-15/h6-12,20,22H,4-5,13H2,1-3H3. The Kier molecular flexibility index (Phi) is 9.42. The van der Waals surface area contributed by atoms with E-state index in [0.717, 1.165) is 20.7 Å². The second-order valence-corrected chi connectivity index (χ2v) is 13.3. The first-order chi connectivity index (χ1) is 19.1. The maximum Gasteiger partial charge on any atom is 0.330 e. The molecule has 14 heteroatoms. The second kappa shape index (κ2) is 12.4. The summed E-state index contributed by atoms with van der Waals surface area (Å²) in [5.41, 5.74) is -1.71. The molecule has 0 saturated heterocycles. The number of carbonyl (C=O) groups is 1. The van der Waals surface area contributed by atoms with Gasteiger partial charge in [-0.05, 0) is 43.7 Å². The smallest absolute Gasteiger partial charge is 0.330 e. The van der Waals surface area contributed by atoms with Crippen molar-refractivity contribution in [2.75, 3.05) is 20.2 Å². The summed E-state index contributed by atoms with van der Waals surface area (Å²) in [6.07, 6.45) is 1.63. The minimum atomic E-state index is -2.03. The molecule has 1 aliphatic rings. The van der Waals surface area contributed by atoms with Gasteiger partial charge in [-0.1, -0.05) is 51.3 Å². The lowest BCUT2D eigenvalue weighted by atomic mass is 9.64. The van der Waals surface area contributed by atoms with Crippen LogP contribution in [0.2, 0.25) is 8.80 Å². The SMILES string of the molecule is CCOC(=O)C1(C#N)C(c2ccc(Cl)s2)C([N+](=O)[O-])=C(N(CC)Cc2cnc(Cl)s2)N(C)C1c1cccc(Br)c1. The molecule has 3 atom stereocenters. The van der Waals surface area contributed by atoms with Gasteiger partial charge < -0.3 is 14.5 Å². The van der Waals surface area contributed by atoms with Crippen LogP contribution in [0.5, 0.6) is 0 Å². The fourth-order valence-electron chi connectivity index (χ4n) is 5.22. The summed E-state index contributed by atoms with van der Waals surface area (Å²) in [5.74, 6) is -1.87. The van der Waals surface area contributed by atoms with Crippen molar-refractivity contribution in [3.05, 3.63) is 92.8 Å². The van der Waals surface area contributed by atoms with Gasteiger partial charge >= 0.3 is 5.97 Å². The van der Waals surface area contributed by atoms with E-state index in [2.05, 4.69) is 27.0 Å². The van der Waals surface area contributed by atoms with E-state index in [1.807, 2.05) is 17.9 Å². The average molecular weight is 685 g/mol. The molecule has 210 valence electrons. The first-order valence-electron chi connectivity index (χ1n) is 12.1. The van der Waals surface area contributed by atoms with Crippen LogP contribution >= 0.6 is 61.8 Å². The van der Waals surface area contributed by atoms with Gasteiger partial charge in [-0.15, -0.1) is 22.7 Å². The normalized spacial score (nSPS) is 20.8. The maximum atomic E-state index is 14.0. The zero-order valence-corrected chi connectivity index (χ0v) is 26.4. The minimum Gasteiger partial charge on any atom is -0.465 e. The summed E-state index contributed by atoms with van der Waals surface area (Å²) < 4.78 is 6.96. The van der Waals surface area contributed by atoms with Crippen molar-refractivity contribution >= 4 is 67.8 Å². The van der Waals surface area contributed by atoms with Crippen molar-refractivity contribution in [3.63, 3.8) is 0 Å². The molecule has 0 radical (unpaired) electrons. The van der Waals surface area contributed by atoms with Gasteiger partial charge in [0.1, 0.15) is 5.92 Å². The molecular weight excluding hydrogens is 661 g/mol. The quantitative estimate of drug-likeness (QED) is 0.133. The van der Waals surface area contributed by atoms with Crippen LogP contribution in [0.1, 0.15) is 41.1 Å². The summed E-state index contributed by atoms with van der Waals surface area (Å²) in [7, 11) is 1.66. The van der Waals surface area contributed by atoms with E-state index in [1.54, 1.807) is 55.4 Å². The van der Waals surface area contributed by atoms with E-state index >= 15 is 0 Å². The van der Waals surface area contributed by atoms with Crippen molar-refractivity contribution < 1.29 is 14.5 Å². The lowest BCUT2D eigenvalue weighted by molar-refractivity contribution is -0.438. The molecule has 1 aliphatic heterocycles. The first kappa shape index (κ1) is 30.3. The van der Waals surface area contributed by atoms with Crippen LogP contribution in [0.4, 0.5) is 0 Å². The van der Waals surface area contributed by atoms with Crippen LogP contribution in [0.3, 0.4) is 0 Å². The largest absolute Gasteiger partial charge is 0.465 e. The number of thiazole rings is 1. The second-order valence-electron chi connectivity index (χ2n) is 8.90. The van der Waals surface area contributed by atoms with Crippen molar-refractivity contribution in [1.82, 2.24) is 14.8 Å². The van der Waals surface area contributed by atoms with Gasteiger partial charge in [0.25, 0.3) is 5.70 Å². The number of aromatic nitrogens is 1. The van der Waals surface area contributed by atoms with Crippen LogP contribution in [-0.2, 0) is 16.1 Å². The number of nitrogens with zero attached hydrogens (tertiary/aromatic N) is 5. The van der Waals surface area contributed by atoms with E-state index in [0.29, 0.717) is 25.8 Å². The van der Waals surface area contributed by atoms with Gasteiger partial charge in [-0.3, -0.25) is 14.9 Å². The number of hydrogen-bond acceptors (Lipinski definition) is 10. The Labute approximate surface area is 257 Å². The Balaban J connectivity index is 2.11. The molecule has 0 N–H and O–H groups in total. The van der Waals surface area contributed by atoms with Crippen molar-refractivity contribution in [1.29, 1.82) is 5.26 Å². The molecule has 2 aromatic heterocycles. The summed E-state index contributed by atoms with van der Waals surface area (Å²) in [6, 6.07) is 11.7. The first-order valence-corrected chi connectivity index (χ1v) is 15.3. The van der Waals surface area contributed by atoms with Gasteiger partial charge in [0, 0.05) is 34.0 Å². The number of nitriles is 1. The molecule has 40 heavy (non-hydrogen) atoms. The monoisotopic (exact) mass is 683 g/mol. The van der Waals surface area contributed by atoms with E-state index in [4.69, 9.17) is 27.9 Å². The highest BCUT2D eigenvalue weighted by Gasteiger charge is 2.65. The number of thiophene rings is 1. The Morgan fingerprint density at radius 3 is 2.60 bits per heavy atom. The third-order valence-corrected chi connectivity index (χ3v) is 9.59. The van der Waals surface area contributed by atoms with Crippen LogP contribution in [0, 0.1) is 26.9 Å². The van der Waals surface area contributed by atoms with Crippen molar-refractivity contribution in [2.24, 2.45) is 5.41 Å². The topological polar surface area (TPSA) is 113 Å². The average Bonchev–Trinajstić information content (AvgIpc) is 3.53. The summed E-state index contributed by atoms with van der Waals surface area (Å²) >= 11 is 18.3. The number of hydrogen-bond donors (Lipinski definition) is 0. The Bertz CT molecular complexity index is 1510. The number of rotatable bonds is 9. The Hall–Kier alpha value is -2.69. The number of halogens is 3. The highest BCUT2D eigenvalue weighted by atomic mass is 79.9. The predicted molar refractivity (Wildman–Crippen MR) is 159 cm³/mol. The van der Waals surface area contributed by atoms with Gasteiger partial charge in [0.15, 0.2) is 15.7 Å². The zero-order chi connectivity index (χ0) is 29.2. The lowest BCUT2D eigenvalue weighted by Gasteiger charge is -2.49. The van der Waals surface area contributed by atoms with Crippen molar-refractivity contribution in [2.45, 2.75) is 32.4 Å². The summed E-state index contributed by atoms with van der Waals surface area (Å²) in [4.78, 5) is 35.3. The number of esters is 1. The lowest BCUT2D eigenvalue weighted by Crippen LogP contribution is -2.55. The molecule has 0 aliphatic carbocycles. The summed E-state index contributed by atoms with van der Waals surface area (Å²) in [6.45, 7) is 4.17. The van der Waals surface area contributed by atoms with E-state index in [9.17, 15) is 20.2 Å². The molecule has 0 amide bonds. The third kappa shape index (κ3) is 5.45. The van der Waals surface area contributed by atoms with Crippen LogP contribution in [-0.4, -0.2) is 45.9 Å². The third-order valence-electron chi connectivity index (χ3n) is 6.70. The van der Waals surface area contributed by atoms with Gasteiger partial charge in [-0.2, -0.15) is 5.26 Å². The maximum absolute atomic E-state index is 14.0. The Morgan fingerprint density at radius 2 is 2.08 bits per heavy atom. The van der Waals surface area contributed by atoms with Gasteiger partial charge in [-0.25, -0.2) is 4.98 Å². The van der Waals surface area contributed by atoms with Crippen LogP contribution in [0.25, 0.3) is 0 Å². The molecule has 3 unspecified atom stereocenters. The molecule has 1 aromatic carbocycles. The molecule has 0 bridgehead atoms. The molecule has 3 heterocycles. The molecule has 3 aromatic rings. The van der Waals surface area contributed by atoms with Crippen LogP contribution in [0.15, 0.2) is 58.6 Å². The highest BCUT2D eigenvalue weighted by Crippen LogP contribution is 2.59. The molecule has 0 spiro atoms. The molecular formula is C26H24BrCl2N5O4S2.